The molecule has 2 aromatic heterocycles. The molecule has 0 aliphatic carbocycles. The average molecular weight is 323 g/mol. The maximum Gasteiger partial charge on any atom is 0.200 e. The topological polar surface area (TPSA) is 38.5 Å². The van der Waals surface area contributed by atoms with Gasteiger partial charge in [0.2, 0.25) is 5.43 Å². The van der Waals surface area contributed by atoms with Crippen LogP contribution >= 0.6 is 0 Å². The summed E-state index contributed by atoms with van der Waals surface area (Å²) >= 11 is 0. The quantitative estimate of drug-likeness (QED) is 0.455. The van der Waals surface area contributed by atoms with Gasteiger partial charge < -0.3 is 4.40 Å². The van der Waals surface area contributed by atoms with Crippen LogP contribution in [0.2, 0.25) is 0 Å². The lowest BCUT2D eigenvalue weighted by molar-refractivity contribution is 0.103. The van der Waals surface area contributed by atoms with E-state index in [1.54, 1.807) is 36.5 Å². The number of ketones is 1. The van der Waals surface area contributed by atoms with Crippen LogP contribution in [0.15, 0.2) is 83.8 Å². The number of benzene rings is 3. The summed E-state index contributed by atoms with van der Waals surface area (Å²) in [7, 11) is 0. The normalized spacial score (nSPS) is 11.5. The molecule has 3 aromatic carbocycles. The van der Waals surface area contributed by atoms with E-state index in [2.05, 4.69) is 0 Å². The SMILES string of the molecule is O=C(c1ccccc1)c1cn2c3ccccc3c3cccc(c1=O)c32. The van der Waals surface area contributed by atoms with Crippen molar-refractivity contribution in [2.24, 2.45) is 0 Å². The van der Waals surface area contributed by atoms with E-state index in [-0.39, 0.29) is 16.8 Å². The van der Waals surface area contributed by atoms with Crippen LogP contribution in [0.3, 0.4) is 0 Å². The molecular formula is C22H13NO2. The number of pyridine rings is 1. The summed E-state index contributed by atoms with van der Waals surface area (Å²) in [5, 5.41) is 2.69. The number of aromatic nitrogens is 1. The lowest BCUT2D eigenvalue weighted by Crippen LogP contribution is -2.17. The van der Waals surface area contributed by atoms with Crippen LogP contribution in [0, 0.1) is 0 Å². The number of fused-ring (bicyclic) bond motifs is 3. The van der Waals surface area contributed by atoms with E-state index in [1.165, 1.54) is 0 Å². The zero-order chi connectivity index (χ0) is 17.0. The van der Waals surface area contributed by atoms with Gasteiger partial charge in [0.25, 0.3) is 0 Å². The first-order chi connectivity index (χ1) is 12.3. The van der Waals surface area contributed by atoms with Crippen molar-refractivity contribution < 1.29 is 4.79 Å². The van der Waals surface area contributed by atoms with Crippen molar-refractivity contribution in [3.05, 3.63) is 100 Å². The molecule has 25 heavy (non-hydrogen) atoms. The number of carbonyl (C=O) groups is 1. The van der Waals surface area contributed by atoms with Crippen molar-refractivity contribution in [1.82, 2.24) is 4.40 Å². The second-order valence-electron chi connectivity index (χ2n) is 6.16. The molecule has 3 nitrogen and oxygen atoms in total. The Balaban J connectivity index is 1.94. The van der Waals surface area contributed by atoms with E-state index in [1.807, 2.05) is 46.9 Å². The maximum absolute atomic E-state index is 13.0. The molecule has 0 unspecified atom stereocenters. The van der Waals surface area contributed by atoms with Crippen molar-refractivity contribution in [1.29, 1.82) is 0 Å². The predicted octanol–water partition coefficient (Wildman–Crippen LogP) is 4.27. The van der Waals surface area contributed by atoms with Gasteiger partial charge in [0.15, 0.2) is 5.78 Å². The highest BCUT2D eigenvalue weighted by atomic mass is 16.1. The molecule has 118 valence electrons. The second-order valence-corrected chi connectivity index (χ2v) is 6.16. The number of hydrogen-bond acceptors (Lipinski definition) is 2. The first kappa shape index (κ1) is 13.9. The van der Waals surface area contributed by atoms with Crippen molar-refractivity contribution in [3.63, 3.8) is 0 Å². The summed E-state index contributed by atoms with van der Waals surface area (Å²) in [4.78, 5) is 25.9. The summed E-state index contributed by atoms with van der Waals surface area (Å²) in [5.41, 5.74) is 2.38. The van der Waals surface area contributed by atoms with Crippen LogP contribution in [-0.4, -0.2) is 10.2 Å². The third kappa shape index (κ3) is 1.86. The van der Waals surface area contributed by atoms with E-state index in [4.69, 9.17) is 0 Å². The molecule has 0 bridgehead atoms. The molecule has 0 saturated heterocycles. The summed E-state index contributed by atoms with van der Waals surface area (Å²) in [6, 6.07) is 22.6. The smallest absolute Gasteiger partial charge is 0.200 e. The minimum absolute atomic E-state index is 0.201. The van der Waals surface area contributed by atoms with Gasteiger partial charge in [0.05, 0.1) is 16.6 Å². The third-order valence-corrected chi connectivity index (χ3v) is 4.76. The van der Waals surface area contributed by atoms with Gasteiger partial charge >= 0.3 is 0 Å². The summed E-state index contributed by atoms with van der Waals surface area (Å²) in [5.74, 6) is -0.244. The Morgan fingerprint density at radius 2 is 1.40 bits per heavy atom. The van der Waals surface area contributed by atoms with E-state index >= 15 is 0 Å². The van der Waals surface area contributed by atoms with Gasteiger partial charge in [-0.25, -0.2) is 0 Å². The molecule has 0 aliphatic rings. The number of para-hydroxylation sites is 2. The van der Waals surface area contributed by atoms with Crippen LogP contribution in [0.1, 0.15) is 15.9 Å². The lowest BCUT2D eigenvalue weighted by atomic mass is 10.0. The molecule has 0 saturated carbocycles. The van der Waals surface area contributed by atoms with Crippen LogP contribution in [0.25, 0.3) is 27.2 Å². The van der Waals surface area contributed by atoms with Gasteiger partial charge in [-0.15, -0.1) is 0 Å². The Morgan fingerprint density at radius 1 is 0.720 bits per heavy atom. The highest BCUT2D eigenvalue weighted by Crippen LogP contribution is 2.30. The standard InChI is InChI=1S/C22H13NO2/c24-21(14-7-2-1-3-8-14)18-13-23-19-12-5-4-9-15(19)16-10-6-11-17(20(16)23)22(18)25/h1-13H. The fraction of sp³-hybridized carbons (Fsp3) is 0. The van der Waals surface area contributed by atoms with E-state index < -0.39 is 0 Å². The molecular weight excluding hydrogens is 310 g/mol. The molecule has 0 N–H and O–H groups in total. The first-order valence-electron chi connectivity index (χ1n) is 8.13. The zero-order valence-electron chi connectivity index (χ0n) is 13.3. The Bertz CT molecular complexity index is 1320. The van der Waals surface area contributed by atoms with Gasteiger partial charge in [-0.2, -0.15) is 0 Å². The fourth-order valence-electron chi connectivity index (χ4n) is 3.61. The van der Waals surface area contributed by atoms with Crippen molar-refractivity contribution in [2.45, 2.75) is 0 Å². The number of hydrogen-bond donors (Lipinski definition) is 0. The maximum atomic E-state index is 13.0. The van der Waals surface area contributed by atoms with E-state index in [0.29, 0.717) is 10.9 Å². The number of nitrogens with zero attached hydrogens (tertiary/aromatic N) is 1. The molecule has 0 atom stereocenters. The highest BCUT2D eigenvalue weighted by molar-refractivity contribution is 6.16. The van der Waals surface area contributed by atoms with Crippen LogP contribution in [0.4, 0.5) is 0 Å². The van der Waals surface area contributed by atoms with Crippen molar-refractivity contribution >= 4 is 33.0 Å². The minimum Gasteiger partial charge on any atom is -0.314 e. The van der Waals surface area contributed by atoms with Gasteiger partial charge in [-0.3, -0.25) is 9.59 Å². The molecule has 2 heterocycles. The molecule has 0 fully saturated rings. The minimum atomic E-state index is -0.244. The molecule has 0 spiro atoms. The largest absolute Gasteiger partial charge is 0.314 e. The summed E-state index contributed by atoms with van der Waals surface area (Å²) < 4.78 is 1.97. The Morgan fingerprint density at radius 3 is 2.24 bits per heavy atom. The fourth-order valence-corrected chi connectivity index (χ4v) is 3.61. The van der Waals surface area contributed by atoms with Crippen molar-refractivity contribution in [3.8, 4) is 0 Å². The predicted molar refractivity (Wildman–Crippen MR) is 99.7 cm³/mol. The average Bonchev–Trinajstić information content (AvgIpc) is 3.00. The first-order valence-corrected chi connectivity index (χ1v) is 8.13. The van der Waals surface area contributed by atoms with Crippen molar-refractivity contribution in [2.75, 3.05) is 0 Å². The van der Waals surface area contributed by atoms with Crippen LogP contribution in [-0.2, 0) is 0 Å². The van der Waals surface area contributed by atoms with Crippen LogP contribution < -0.4 is 5.43 Å². The summed E-state index contributed by atoms with van der Waals surface area (Å²) in [6.07, 6.45) is 1.69. The third-order valence-electron chi connectivity index (χ3n) is 4.76. The molecule has 5 rings (SSSR count). The van der Waals surface area contributed by atoms with Gasteiger partial charge in [-0.1, -0.05) is 60.7 Å². The molecule has 5 aromatic rings. The monoisotopic (exact) mass is 323 g/mol. The zero-order valence-corrected chi connectivity index (χ0v) is 13.3. The van der Waals surface area contributed by atoms with Gasteiger partial charge in [-0.05, 0) is 12.1 Å². The Labute approximate surface area is 143 Å². The molecule has 0 radical (unpaired) electrons. The second kappa shape index (κ2) is 5.02. The highest BCUT2D eigenvalue weighted by Gasteiger charge is 2.19. The van der Waals surface area contributed by atoms with E-state index in [9.17, 15) is 9.59 Å². The lowest BCUT2D eigenvalue weighted by Gasteiger charge is -2.06. The Hall–Kier alpha value is -3.46. The molecule has 0 amide bonds. The van der Waals surface area contributed by atoms with E-state index in [0.717, 1.165) is 21.8 Å². The molecule has 0 aliphatic heterocycles. The number of carbonyl (C=O) groups excluding carboxylic acids is 1. The molecule has 3 heteroatoms. The van der Waals surface area contributed by atoms with Crippen LogP contribution in [0.5, 0.6) is 0 Å². The number of rotatable bonds is 2. The van der Waals surface area contributed by atoms with Gasteiger partial charge in [0, 0.05) is 27.9 Å². The summed E-state index contributed by atoms with van der Waals surface area (Å²) in [6.45, 7) is 0. The Kier molecular flexibility index (Phi) is 2.80. The van der Waals surface area contributed by atoms with Gasteiger partial charge in [0.1, 0.15) is 0 Å².